The zero-order chi connectivity index (χ0) is 14.6. The summed E-state index contributed by atoms with van der Waals surface area (Å²) in [6, 6.07) is 4.86. The van der Waals surface area contributed by atoms with Gasteiger partial charge < -0.3 is 15.8 Å². The lowest BCUT2D eigenvalue weighted by Gasteiger charge is -2.22. The highest BCUT2D eigenvalue weighted by Gasteiger charge is 2.27. The van der Waals surface area contributed by atoms with Crippen molar-refractivity contribution < 1.29 is 18.4 Å². The second kappa shape index (κ2) is 6.14. The van der Waals surface area contributed by atoms with Gasteiger partial charge in [0.1, 0.15) is 0 Å². The minimum atomic E-state index is -4.22. The molecule has 4 nitrogen and oxygen atoms in total. The largest absolute Gasteiger partial charge is 0.409 e. The lowest BCUT2D eigenvalue weighted by molar-refractivity contribution is -0.132. The Kier molecular flexibility index (Phi) is 5.04. The van der Waals surface area contributed by atoms with E-state index in [0.717, 1.165) is 0 Å². The molecule has 0 bridgehead atoms. The fourth-order valence-electron chi connectivity index (χ4n) is 1.52. The summed E-state index contributed by atoms with van der Waals surface area (Å²) in [7, 11) is 1.52. The van der Waals surface area contributed by atoms with Crippen LogP contribution in [0.3, 0.4) is 0 Å². The summed E-state index contributed by atoms with van der Waals surface area (Å²) in [5.41, 5.74) is 6.34. The van der Waals surface area contributed by atoms with Gasteiger partial charge in [0.25, 0.3) is 0 Å². The van der Waals surface area contributed by atoms with Gasteiger partial charge in [0.05, 0.1) is 6.42 Å². The standard InChI is InChI=1S/C11H13BrF3N3O/c1-18(5-4-11(13,14)15)9-3-2-7(12)6-8(9)10(16)17-19/h2-3,6,19H,4-5H2,1H3,(H2,16,17). The molecule has 3 N–H and O–H groups in total. The van der Waals surface area contributed by atoms with Gasteiger partial charge in [-0.3, -0.25) is 0 Å². The van der Waals surface area contributed by atoms with Crippen molar-refractivity contribution in [1.29, 1.82) is 0 Å². The van der Waals surface area contributed by atoms with E-state index in [-0.39, 0.29) is 12.4 Å². The Labute approximate surface area is 116 Å². The Hall–Kier alpha value is -1.44. The van der Waals surface area contributed by atoms with E-state index in [9.17, 15) is 13.2 Å². The van der Waals surface area contributed by atoms with Crippen molar-refractivity contribution in [3.63, 3.8) is 0 Å². The van der Waals surface area contributed by atoms with Gasteiger partial charge in [-0.05, 0) is 18.2 Å². The highest BCUT2D eigenvalue weighted by molar-refractivity contribution is 9.10. The van der Waals surface area contributed by atoms with Crippen molar-refractivity contribution >= 4 is 27.5 Å². The maximum Gasteiger partial charge on any atom is 0.390 e. The Morgan fingerprint density at radius 2 is 2.11 bits per heavy atom. The maximum absolute atomic E-state index is 12.2. The zero-order valence-electron chi connectivity index (χ0n) is 10.1. The van der Waals surface area contributed by atoms with Gasteiger partial charge >= 0.3 is 6.18 Å². The van der Waals surface area contributed by atoms with E-state index in [1.165, 1.54) is 11.9 Å². The molecular formula is C11H13BrF3N3O. The molecule has 106 valence electrons. The smallest absolute Gasteiger partial charge is 0.390 e. The second-order valence-corrected chi connectivity index (χ2v) is 4.85. The second-order valence-electron chi connectivity index (χ2n) is 3.93. The van der Waals surface area contributed by atoms with Crippen molar-refractivity contribution in [2.75, 3.05) is 18.5 Å². The first-order chi connectivity index (χ1) is 8.74. The number of rotatable bonds is 4. The molecule has 19 heavy (non-hydrogen) atoms. The molecule has 0 aromatic heterocycles. The number of anilines is 1. The van der Waals surface area contributed by atoms with Crippen LogP contribution in [-0.2, 0) is 0 Å². The summed E-state index contributed by atoms with van der Waals surface area (Å²) in [5.74, 6) is -0.157. The molecule has 0 aliphatic carbocycles. The van der Waals surface area contributed by atoms with E-state index in [1.807, 2.05) is 0 Å². The Balaban J connectivity index is 2.99. The molecule has 0 spiro atoms. The molecule has 0 heterocycles. The molecule has 0 radical (unpaired) electrons. The normalized spacial score (nSPS) is 12.6. The van der Waals surface area contributed by atoms with Gasteiger partial charge in [0, 0.05) is 29.3 Å². The van der Waals surface area contributed by atoms with Crippen molar-refractivity contribution in [3.05, 3.63) is 28.2 Å². The van der Waals surface area contributed by atoms with Crippen LogP contribution in [0.4, 0.5) is 18.9 Å². The quantitative estimate of drug-likeness (QED) is 0.383. The Morgan fingerprint density at radius 3 is 2.63 bits per heavy atom. The van der Waals surface area contributed by atoms with E-state index in [4.69, 9.17) is 10.9 Å². The fourth-order valence-corrected chi connectivity index (χ4v) is 1.88. The van der Waals surface area contributed by atoms with Gasteiger partial charge in [-0.1, -0.05) is 21.1 Å². The summed E-state index contributed by atoms with van der Waals surface area (Å²) in [6.45, 7) is -0.211. The molecule has 0 aliphatic rings. The van der Waals surface area contributed by atoms with E-state index in [0.29, 0.717) is 15.7 Å². The van der Waals surface area contributed by atoms with Gasteiger partial charge in [0.15, 0.2) is 5.84 Å². The van der Waals surface area contributed by atoms with Crippen molar-refractivity contribution in [1.82, 2.24) is 0 Å². The summed E-state index contributed by atoms with van der Waals surface area (Å²) < 4.78 is 37.3. The van der Waals surface area contributed by atoms with E-state index < -0.39 is 12.6 Å². The third kappa shape index (κ3) is 4.62. The molecule has 1 rings (SSSR count). The minimum Gasteiger partial charge on any atom is -0.409 e. The monoisotopic (exact) mass is 339 g/mol. The van der Waals surface area contributed by atoms with Crippen LogP contribution in [0.15, 0.2) is 27.8 Å². The number of nitrogens with zero attached hydrogens (tertiary/aromatic N) is 2. The third-order valence-electron chi connectivity index (χ3n) is 2.48. The summed E-state index contributed by atoms with van der Waals surface area (Å²) in [5, 5.41) is 11.6. The van der Waals surface area contributed by atoms with E-state index in [2.05, 4.69) is 21.1 Å². The first kappa shape index (κ1) is 15.6. The molecule has 0 aliphatic heterocycles. The number of hydrogen-bond acceptors (Lipinski definition) is 3. The predicted octanol–water partition coefficient (Wildman–Crippen LogP) is 2.93. The number of amidine groups is 1. The van der Waals surface area contributed by atoms with Crippen molar-refractivity contribution in [3.8, 4) is 0 Å². The number of benzene rings is 1. The molecule has 0 saturated carbocycles. The highest BCUT2D eigenvalue weighted by Crippen LogP contribution is 2.26. The molecule has 0 unspecified atom stereocenters. The average molecular weight is 340 g/mol. The summed E-state index contributed by atoms with van der Waals surface area (Å²) >= 11 is 3.22. The summed E-state index contributed by atoms with van der Waals surface area (Å²) in [6.07, 6.45) is -5.16. The Morgan fingerprint density at radius 1 is 1.47 bits per heavy atom. The van der Waals surface area contributed by atoms with Gasteiger partial charge in [-0.2, -0.15) is 13.2 Å². The van der Waals surface area contributed by atoms with Gasteiger partial charge in [-0.25, -0.2) is 0 Å². The predicted molar refractivity (Wildman–Crippen MR) is 70.6 cm³/mol. The van der Waals surface area contributed by atoms with Crippen LogP contribution in [0.2, 0.25) is 0 Å². The molecular weight excluding hydrogens is 327 g/mol. The molecule has 0 fully saturated rings. The number of nitrogens with two attached hydrogens (primary N) is 1. The molecule has 8 heteroatoms. The highest BCUT2D eigenvalue weighted by atomic mass is 79.9. The van der Waals surface area contributed by atoms with Crippen LogP contribution in [0.25, 0.3) is 0 Å². The van der Waals surface area contributed by atoms with Crippen LogP contribution >= 0.6 is 15.9 Å². The number of hydrogen-bond donors (Lipinski definition) is 2. The van der Waals surface area contributed by atoms with Crippen LogP contribution in [-0.4, -0.2) is 30.8 Å². The van der Waals surface area contributed by atoms with Gasteiger partial charge in [-0.15, -0.1) is 0 Å². The van der Waals surface area contributed by atoms with Crippen LogP contribution in [0.5, 0.6) is 0 Å². The Bertz CT molecular complexity index is 477. The number of alkyl halides is 3. The van der Waals surface area contributed by atoms with Gasteiger partial charge in [0.2, 0.25) is 0 Å². The van der Waals surface area contributed by atoms with Crippen LogP contribution in [0, 0.1) is 0 Å². The summed E-state index contributed by atoms with van der Waals surface area (Å²) in [4.78, 5) is 1.41. The molecule has 1 aromatic carbocycles. The van der Waals surface area contributed by atoms with Crippen LogP contribution in [0.1, 0.15) is 12.0 Å². The number of oxime groups is 1. The van der Waals surface area contributed by atoms with Crippen LogP contribution < -0.4 is 10.6 Å². The molecule has 0 saturated heterocycles. The molecule has 0 amide bonds. The first-order valence-electron chi connectivity index (χ1n) is 5.30. The first-order valence-corrected chi connectivity index (χ1v) is 6.09. The minimum absolute atomic E-state index is 0.157. The fraction of sp³-hybridized carbons (Fsp3) is 0.364. The average Bonchev–Trinajstić information content (AvgIpc) is 2.34. The van der Waals surface area contributed by atoms with E-state index >= 15 is 0 Å². The molecule has 1 aromatic rings. The van der Waals surface area contributed by atoms with Crippen molar-refractivity contribution in [2.24, 2.45) is 10.9 Å². The SMILES string of the molecule is CN(CCC(F)(F)F)c1ccc(Br)cc1/C(N)=N/O. The number of halogens is 4. The lowest BCUT2D eigenvalue weighted by atomic mass is 10.1. The zero-order valence-corrected chi connectivity index (χ0v) is 11.7. The molecule has 0 atom stereocenters. The van der Waals surface area contributed by atoms with Crippen molar-refractivity contribution in [2.45, 2.75) is 12.6 Å². The van der Waals surface area contributed by atoms with E-state index in [1.54, 1.807) is 18.2 Å². The maximum atomic E-state index is 12.2. The lowest BCUT2D eigenvalue weighted by Crippen LogP contribution is -2.27. The third-order valence-corrected chi connectivity index (χ3v) is 2.98. The topological polar surface area (TPSA) is 61.8 Å².